The summed E-state index contributed by atoms with van der Waals surface area (Å²) in [6.07, 6.45) is 3.89. The first-order valence-electron chi connectivity index (χ1n) is 17.6. The topological polar surface area (TPSA) is 249 Å². The number of ether oxygens (including phenoxy) is 4. The van der Waals surface area contributed by atoms with Gasteiger partial charge in [0.15, 0.2) is 0 Å². The van der Waals surface area contributed by atoms with Gasteiger partial charge in [-0.05, 0) is 52.5 Å². The van der Waals surface area contributed by atoms with Gasteiger partial charge in [0.1, 0.15) is 25.0 Å². The number of nitrogens with one attached hydrogen (secondary N) is 6. The van der Waals surface area contributed by atoms with E-state index in [1.165, 1.54) is 0 Å². The maximum atomic E-state index is 11.9. The van der Waals surface area contributed by atoms with Crippen molar-refractivity contribution in [3.05, 3.63) is 0 Å². The molecule has 2 atom stereocenters. The van der Waals surface area contributed by atoms with Gasteiger partial charge in [-0.2, -0.15) is 0 Å². The molecular weight excluding hydrogens is 672 g/mol. The third kappa shape index (κ3) is 29.7. The highest BCUT2D eigenvalue weighted by Gasteiger charge is 2.20. The van der Waals surface area contributed by atoms with Gasteiger partial charge in [-0.3, -0.25) is 28.8 Å². The van der Waals surface area contributed by atoms with Gasteiger partial charge in [0.25, 0.3) is 0 Å². The summed E-state index contributed by atoms with van der Waals surface area (Å²) in [5, 5.41) is 25.3. The fourth-order valence-electron chi connectivity index (χ4n) is 4.33. The summed E-state index contributed by atoms with van der Waals surface area (Å²) in [6, 6.07) is -1.26. The third-order valence-electron chi connectivity index (χ3n) is 7.10. The van der Waals surface area contributed by atoms with Crippen molar-refractivity contribution >= 4 is 41.3 Å². The highest BCUT2D eigenvalue weighted by Crippen LogP contribution is 2.02. The average molecular weight is 733 g/mol. The van der Waals surface area contributed by atoms with Crippen molar-refractivity contribution in [1.82, 2.24) is 31.9 Å². The molecule has 0 rings (SSSR count). The normalized spacial score (nSPS) is 12.0. The first kappa shape index (κ1) is 47.3. The lowest BCUT2D eigenvalue weighted by Gasteiger charge is -2.14. The lowest BCUT2D eigenvalue weighted by Crippen LogP contribution is -2.41. The maximum Gasteiger partial charge on any atom is 0.326 e. The number of unbranched alkanes of at least 4 members (excludes halogenated alkanes) is 1. The molecule has 2 unspecified atom stereocenters. The van der Waals surface area contributed by atoms with Crippen molar-refractivity contribution in [1.29, 1.82) is 0 Å². The molecule has 0 aliphatic rings. The van der Waals surface area contributed by atoms with Gasteiger partial charge in [-0.15, -0.1) is 0 Å². The van der Waals surface area contributed by atoms with E-state index in [4.69, 9.17) is 18.9 Å². The van der Waals surface area contributed by atoms with E-state index in [2.05, 4.69) is 31.9 Å². The zero-order chi connectivity index (χ0) is 38.1. The minimum atomic E-state index is -1.19. The van der Waals surface area contributed by atoms with E-state index >= 15 is 0 Å². The molecule has 5 amide bonds. The van der Waals surface area contributed by atoms with Crippen LogP contribution < -0.4 is 31.9 Å². The monoisotopic (exact) mass is 732 g/mol. The molecule has 294 valence electrons. The van der Waals surface area contributed by atoms with Crippen molar-refractivity contribution in [3.63, 3.8) is 0 Å². The number of carbonyl (C=O) groups is 7. The minimum Gasteiger partial charge on any atom is -0.480 e. The molecule has 0 saturated heterocycles. The van der Waals surface area contributed by atoms with Gasteiger partial charge < -0.3 is 56.0 Å². The lowest BCUT2D eigenvalue weighted by molar-refractivity contribution is -0.142. The Morgan fingerprint density at radius 3 is 1.61 bits per heavy atom. The highest BCUT2D eigenvalue weighted by molar-refractivity contribution is 5.84. The molecule has 0 fully saturated rings. The number of likely N-dealkylation sites (N-methyl/N-ethyl adjacent to an activating group) is 1. The van der Waals surface area contributed by atoms with E-state index in [1.54, 1.807) is 14.0 Å². The van der Waals surface area contributed by atoms with E-state index in [1.807, 2.05) is 6.92 Å². The summed E-state index contributed by atoms with van der Waals surface area (Å²) in [6.45, 7) is 5.70. The Labute approximate surface area is 300 Å². The Balaban J connectivity index is 3.58. The van der Waals surface area contributed by atoms with Crippen molar-refractivity contribution < 1.29 is 57.6 Å². The van der Waals surface area contributed by atoms with E-state index in [9.17, 15) is 38.7 Å². The van der Waals surface area contributed by atoms with Crippen LogP contribution in [0.4, 0.5) is 0 Å². The number of hydrogen-bond acceptors (Lipinski definition) is 12. The molecule has 7 N–H and O–H groups in total. The zero-order valence-electron chi connectivity index (χ0n) is 30.4. The van der Waals surface area contributed by atoms with E-state index in [0.717, 1.165) is 19.3 Å². The number of carboxylic acid groups (broad SMARTS) is 1. The smallest absolute Gasteiger partial charge is 0.326 e. The second kappa shape index (κ2) is 32.2. The van der Waals surface area contributed by atoms with Crippen LogP contribution in [0.3, 0.4) is 0 Å². The first-order valence-corrected chi connectivity index (χ1v) is 17.6. The molecule has 18 nitrogen and oxygen atoms in total. The number of carboxylic acids is 1. The van der Waals surface area contributed by atoms with Crippen LogP contribution in [0.5, 0.6) is 0 Å². The van der Waals surface area contributed by atoms with E-state index in [0.29, 0.717) is 32.4 Å². The number of Topliss-reactive ketones (excluding diaryl/α,β-unsaturated/α-hetero) is 1. The number of carbonyl (C=O) groups excluding carboxylic acids is 6. The largest absolute Gasteiger partial charge is 0.480 e. The van der Waals surface area contributed by atoms with Crippen LogP contribution in [0.1, 0.15) is 71.6 Å². The van der Waals surface area contributed by atoms with E-state index < -0.39 is 12.0 Å². The van der Waals surface area contributed by atoms with Gasteiger partial charge in [-0.1, -0.05) is 6.92 Å². The molecule has 0 saturated carbocycles. The van der Waals surface area contributed by atoms with Crippen LogP contribution >= 0.6 is 0 Å². The predicted octanol–water partition coefficient (Wildman–Crippen LogP) is -1.21. The summed E-state index contributed by atoms with van der Waals surface area (Å²) >= 11 is 0. The standard InChI is InChI=1S/C33H60N6O12/c1-4-8-30(43)39-27(33(46)47)11-12-29(42)37-15-17-48-19-22-51-24-32(45)38-16-18-49-20-21-50-23-31(44)36-14-7-10-28(41)35-13-6-5-9-26(34-3)25(2)40/h26-27,34H,4-24H2,1-3H3,(H,35,41)(H,36,44)(H,37,42)(H,38,45)(H,39,43)(H,46,47). The molecular formula is C33H60N6O12. The third-order valence-corrected chi connectivity index (χ3v) is 7.10. The number of ketones is 1. The number of amides is 5. The van der Waals surface area contributed by atoms with Crippen LogP contribution in [0.25, 0.3) is 0 Å². The molecule has 0 radical (unpaired) electrons. The quantitative estimate of drug-likeness (QED) is 0.0385. The lowest BCUT2D eigenvalue weighted by atomic mass is 10.1. The van der Waals surface area contributed by atoms with Crippen molar-refractivity contribution in [2.75, 3.05) is 86.1 Å². The summed E-state index contributed by atoms with van der Waals surface area (Å²) < 4.78 is 21.2. The Morgan fingerprint density at radius 2 is 1.06 bits per heavy atom. The molecule has 18 heteroatoms. The predicted molar refractivity (Wildman–Crippen MR) is 186 cm³/mol. The van der Waals surface area contributed by atoms with Crippen LogP contribution in [0.15, 0.2) is 0 Å². The summed E-state index contributed by atoms with van der Waals surface area (Å²) in [5.41, 5.74) is 0. The number of aliphatic carboxylic acids is 1. The molecule has 0 aromatic rings. The van der Waals surface area contributed by atoms with Gasteiger partial charge in [0.05, 0.1) is 45.7 Å². The Morgan fingerprint density at radius 1 is 0.549 bits per heavy atom. The molecule has 0 spiro atoms. The molecule has 0 heterocycles. The van der Waals surface area contributed by atoms with Crippen molar-refractivity contribution in [2.24, 2.45) is 0 Å². The Bertz CT molecular complexity index is 1030. The van der Waals surface area contributed by atoms with Crippen LogP contribution in [-0.4, -0.2) is 145 Å². The molecule has 0 aromatic heterocycles. The van der Waals surface area contributed by atoms with Gasteiger partial charge in [-0.25, -0.2) is 4.79 Å². The van der Waals surface area contributed by atoms with Crippen LogP contribution in [0.2, 0.25) is 0 Å². The molecule has 0 aliphatic heterocycles. The maximum absolute atomic E-state index is 11.9. The van der Waals surface area contributed by atoms with Crippen LogP contribution in [-0.2, 0) is 52.5 Å². The van der Waals surface area contributed by atoms with Crippen molar-refractivity contribution in [2.45, 2.75) is 83.7 Å². The fourth-order valence-corrected chi connectivity index (χ4v) is 4.33. The number of hydrogen-bond donors (Lipinski definition) is 7. The van der Waals surface area contributed by atoms with Gasteiger partial charge >= 0.3 is 5.97 Å². The second-order valence-electron chi connectivity index (χ2n) is 11.5. The van der Waals surface area contributed by atoms with Crippen molar-refractivity contribution in [3.8, 4) is 0 Å². The molecule has 51 heavy (non-hydrogen) atoms. The van der Waals surface area contributed by atoms with Gasteiger partial charge in [0.2, 0.25) is 29.5 Å². The van der Waals surface area contributed by atoms with E-state index in [-0.39, 0.29) is 127 Å². The summed E-state index contributed by atoms with van der Waals surface area (Å²) in [5.74, 6) is -2.51. The molecule has 0 aromatic carbocycles. The SMILES string of the molecule is CCCC(=O)NC(CCC(=O)NCCOCCOCC(=O)NCCOCCOCC(=O)NCCCC(=O)NCCCCC(NC)C(C)=O)C(=O)O. The second-order valence-corrected chi connectivity index (χ2v) is 11.5. The highest BCUT2D eigenvalue weighted by atomic mass is 16.5. The first-order chi connectivity index (χ1) is 24.5. The molecule has 0 aliphatic carbocycles. The number of rotatable bonds is 34. The average Bonchev–Trinajstić information content (AvgIpc) is 3.08. The fraction of sp³-hybridized carbons (Fsp3) is 0.788. The minimum absolute atomic E-state index is 0.0216. The summed E-state index contributed by atoms with van der Waals surface area (Å²) in [7, 11) is 1.76. The van der Waals surface area contributed by atoms with Crippen LogP contribution in [0, 0.1) is 0 Å². The Kier molecular flexibility index (Phi) is 29.9. The molecule has 0 bridgehead atoms. The Hall–Kier alpha value is -3.71. The summed E-state index contributed by atoms with van der Waals surface area (Å²) in [4.78, 5) is 81.7. The zero-order valence-corrected chi connectivity index (χ0v) is 30.4. The van der Waals surface area contributed by atoms with Gasteiger partial charge in [0, 0.05) is 45.4 Å².